The lowest BCUT2D eigenvalue weighted by Crippen LogP contribution is -2.50. The molecule has 2 aliphatic heterocycles. The average molecular weight is 576 g/mol. The number of nitrogens with zero attached hydrogens (tertiary/aromatic N) is 4. The number of imidazole rings is 1. The maximum Gasteiger partial charge on any atom is 0.329 e. The Morgan fingerprint density at radius 1 is 1.10 bits per heavy atom. The van der Waals surface area contributed by atoms with Gasteiger partial charge in [0, 0.05) is 50.8 Å². The van der Waals surface area contributed by atoms with Gasteiger partial charge in [-0.15, -0.1) is 0 Å². The van der Waals surface area contributed by atoms with Crippen LogP contribution >= 0.6 is 11.6 Å². The fraction of sp³-hybridized carbons (Fsp3) is 0.233. The molecule has 1 aromatic heterocycles. The summed E-state index contributed by atoms with van der Waals surface area (Å²) in [5.74, 6) is 0.772. The topological polar surface area (TPSA) is 99.9 Å². The van der Waals surface area contributed by atoms with Gasteiger partial charge in [-0.1, -0.05) is 35.9 Å². The van der Waals surface area contributed by atoms with Crippen molar-refractivity contribution in [1.29, 1.82) is 0 Å². The molecule has 1 fully saturated rings. The monoisotopic (exact) mass is 575 g/mol. The van der Waals surface area contributed by atoms with E-state index in [0.717, 1.165) is 30.0 Å². The number of rotatable bonds is 7. The molecule has 0 atom stereocenters. The van der Waals surface area contributed by atoms with Crippen LogP contribution < -0.4 is 15.0 Å². The second-order valence-electron chi connectivity index (χ2n) is 10.1. The zero-order valence-corrected chi connectivity index (χ0v) is 23.0. The van der Waals surface area contributed by atoms with Crippen molar-refractivity contribution in [2.45, 2.75) is 32.7 Å². The van der Waals surface area contributed by atoms with Crippen molar-refractivity contribution in [2.75, 3.05) is 11.4 Å². The normalized spacial score (nSPS) is 15.3. The lowest BCUT2D eigenvalue weighted by Gasteiger charge is -2.26. The summed E-state index contributed by atoms with van der Waals surface area (Å²) in [4.78, 5) is 32.2. The van der Waals surface area contributed by atoms with Crippen molar-refractivity contribution in [3.63, 3.8) is 0 Å². The van der Waals surface area contributed by atoms with Gasteiger partial charge in [0.25, 0.3) is 0 Å². The smallest absolute Gasteiger partial charge is 0.329 e. The summed E-state index contributed by atoms with van der Waals surface area (Å²) >= 11 is 6.10. The number of fused-ring (bicyclic) bond motifs is 1. The van der Waals surface area contributed by atoms with E-state index in [0.29, 0.717) is 30.2 Å². The van der Waals surface area contributed by atoms with Crippen molar-refractivity contribution in [1.82, 2.24) is 19.8 Å². The van der Waals surface area contributed by atoms with Crippen molar-refractivity contribution >= 4 is 29.4 Å². The highest BCUT2D eigenvalue weighted by Gasteiger charge is 2.28. The summed E-state index contributed by atoms with van der Waals surface area (Å²) in [6.45, 7) is 2.19. The zero-order valence-electron chi connectivity index (χ0n) is 22.2. The lowest BCUT2D eigenvalue weighted by atomic mass is 10.1. The van der Waals surface area contributed by atoms with Crippen LogP contribution in [0.5, 0.6) is 11.5 Å². The largest absolute Gasteiger partial charge is 0.452 e. The molecule has 210 valence electrons. The molecule has 3 aromatic carbocycles. The van der Waals surface area contributed by atoms with Crippen molar-refractivity contribution < 1.29 is 23.8 Å². The van der Waals surface area contributed by atoms with E-state index >= 15 is 0 Å². The Morgan fingerprint density at radius 2 is 1.93 bits per heavy atom. The standard InChI is InChI=1S/C30H27ClFN5O4/c1-35-27(37-10-9-26(39)34-30(37)40)13-33-29(35)19-6-7-20-15-36(16-21(20)12-19)14-18-5-8-25(22(11-18)17-38)41-28-23(31)3-2-4-24(28)32/h2-8,11-13,38H,9-10,14-17H2,1H3,(H,34,39,40). The molecule has 0 unspecified atom stereocenters. The highest BCUT2D eigenvalue weighted by atomic mass is 35.5. The molecule has 0 spiro atoms. The van der Waals surface area contributed by atoms with Gasteiger partial charge in [0.05, 0.1) is 17.8 Å². The van der Waals surface area contributed by atoms with Gasteiger partial charge in [-0.25, -0.2) is 14.2 Å². The minimum Gasteiger partial charge on any atom is -0.452 e. The molecule has 1 saturated heterocycles. The molecule has 41 heavy (non-hydrogen) atoms. The maximum atomic E-state index is 14.2. The summed E-state index contributed by atoms with van der Waals surface area (Å²) in [5, 5.41) is 12.5. The van der Waals surface area contributed by atoms with Crippen LogP contribution in [0.25, 0.3) is 11.4 Å². The van der Waals surface area contributed by atoms with Gasteiger partial charge in [0.15, 0.2) is 11.6 Å². The molecule has 4 aromatic rings. The van der Waals surface area contributed by atoms with E-state index in [9.17, 15) is 19.1 Å². The number of ether oxygens (including phenoxy) is 1. The number of hydrogen-bond donors (Lipinski definition) is 2. The third-order valence-electron chi connectivity index (χ3n) is 7.38. The van der Waals surface area contributed by atoms with Gasteiger partial charge in [-0.3, -0.25) is 19.9 Å². The number of benzene rings is 3. The first-order chi connectivity index (χ1) is 19.8. The molecule has 9 nitrogen and oxygen atoms in total. The predicted octanol–water partition coefficient (Wildman–Crippen LogP) is 5.13. The molecular weight excluding hydrogens is 549 g/mol. The number of urea groups is 1. The molecule has 0 saturated carbocycles. The molecule has 0 bridgehead atoms. The number of amides is 3. The van der Waals surface area contributed by atoms with Crippen LogP contribution in [0.4, 0.5) is 15.0 Å². The number of aliphatic hydroxyl groups is 1. The summed E-state index contributed by atoms with van der Waals surface area (Å²) in [6.07, 6.45) is 1.90. The van der Waals surface area contributed by atoms with E-state index in [4.69, 9.17) is 16.3 Å². The van der Waals surface area contributed by atoms with E-state index in [2.05, 4.69) is 27.3 Å². The fourth-order valence-corrected chi connectivity index (χ4v) is 5.52. The molecule has 2 N–H and O–H groups in total. The van der Waals surface area contributed by atoms with E-state index in [1.807, 2.05) is 29.8 Å². The highest BCUT2D eigenvalue weighted by Crippen LogP contribution is 2.35. The number of halogens is 2. The maximum absolute atomic E-state index is 14.2. The Morgan fingerprint density at radius 3 is 2.71 bits per heavy atom. The Labute approximate surface area is 240 Å². The SMILES string of the molecule is Cn1c(N2CCC(=O)NC2=O)cnc1-c1ccc2c(c1)CN(Cc1ccc(Oc3c(F)cccc3Cl)c(CO)c1)C2. The van der Waals surface area contributed by atoms with Crippen molar-refractivity contribution in [3.05, 3.63) is 93.9 Å². The number of para-hydroxylation sites is 1. The van der Waals surface area contributed by atoms with Crippen LogP contribution in [-0.4, -0.2) is 38.0 Å². The third kappa shape index (κ3) is 5.29. The first-order valence-corrected chi connectivity index (χ1v) is 13.5. The summed E-state index contributed by atoms with van der Waals surface area (Å²) in [5.41, 5.74) is 4.86. The number of nitrogens with one attached hydrogen (secondary N) is 1. The summed E-state index contributed by atoms with van der Waals surface area (Å²) in [7, 11) is 1.85. The predicted molar refractivity (Wildman–Crippen MR) is 151 cm³/mol. The fourth-order valence-electron chi connectivity index (χ4n) is 5.32. The molecule has 11 heteroatoms. The van der Waals surface area contributed by atoms with Gasteiger partial charge in [-0.05, 0) is 47.0 Å². The van der Waals surface area contributed by atoms with Crippen LogP contribution in [0.15, 0.2) is 60.8 Å². The number of aliphatic hydroxyl groups excluding tert-OH is 1. The number of carbonyl (C=O) groups is 2. The molecular formula is C30H27ClFN5O4. The first-order valence-electron chi connectivity index (χ1n) is 13.1. The summed E-state index contributed by atoms with van der Waals surface area (Å²) in [6, 6.07) is 15.6. The van der Waals surface area contributed by atoms with Crippen LogP contribution in [0.3, 0.4) is 0 Å². The Bertz CT molecular complexity index is 1650. The lowest BCUT2D eigenvalue weighted by molar-refractivity contribution is -0.120. The van der Waals surface area contributed by atoms with Crippen LogP contribution in [0, 0.1) is 5.82 Å². The number of anilines is 1. The van der Waals surface area contributed by atoms with E-state index in [-0.39, 0.29) is 29.7 Å². The number of hydrogen-bond acceptors (Lipinski definition) is 6. The summed E-state index contributed by atoms with van der Waals surface area (Å²) < 4.78 is 21.8. The van der Waals surface area contributed by atoms with E-state index in [1.165, 1.54) is 28.2 Å². The first kappa shape index (κ1) is 26.9. The second kappa shape index (κ2) is 11.0. The van der Waals surface area contributed by atoms with Crippen molar-refractivity contribution in [3.8, 4) is 22.9 Å². The Kier molecular flexibility index (Phi) is 7.21. The Hall–Kier alpha value is -4.25. The van der Waals surface area contributed by atoms with Crippen LogP contribution in [0.2, 0.25) is 5.02 Å². The quantitative estimate of drug-likeness (QED) is 0.317. The zero-order chi connectivity index (χ0) is 28.7. The molecule has 6 rings (SSSR count). The molecule has 0 aliphatic carbocycles. The Balaban J connectivity index is 1.16. The molecule has 3 heterocycles. The minimum atomic E-state index is -0.574. The van der Waals surface area contributed by atoms with Gasteiger partial charge in [-0.2, -0.15) is 0 Å². The van der Waals surface area contributed by atoms with Gasteiger partial charge >= 0.3 is 6.03 Å². The van der Waals surface area contributed by atoms with E-state index in [1.54, 1.807) is 18.3 Å². The third-order valence-corrected chi connectivity index (χ3v) is 7.68. The second-order valence-corrected chi connectivity index (χ2v) is 10.5. The van der Waals surface area contributed by atoms with E-state index < -0.39 is 11.8 Å². The number of carbonyl (C=O) groups excluding carboxylic acids is 2. The van der Waals surface area contributed by atoms with Crippen molar-refractivity contribution in [2.24, 2.45) is 7.05 Å². The van der Waals surface area contributed by atoms with Gasteiger partial charge in [0.1, 0.15) is 17.4 Å². The van der Waals surface area contributed by atoms with Gasteiger partial charge < -0.3 is 14.4 Å². The number of imide groups is 1. The molecule has 0 radical (unpaired) electrons. The average Bonchev–Trinajstić information content (AvgIpc) is 3.53. The molecule has 3 amide bonds. The number of aromatic nitrogens is 2. The minimum absolute atomic E-state index is 0.0726. The molecule has 2 aliphatic rings. The highest BCUT2D eigenvalue weighted by molar-refractivity contribution is 6.32. The van der Waals surface area contributed by atoms with Gasteiger partial charge in [0.2, 0.25) is 5.91 Å². The van der Waals surface area contributed by atoms with Crippen LogP contribution in [0.1, 0.15) is 28.7 Å². The van der Waals surface area contributed by atoms with Crippen LogP contribution in [-0.2, 0) is 38.1 Å².